The highest BCUT2D eigenvalue weighted by atomic mass is 19.3. The van der Waals surface area contributed by atoms with Crippen LogP contribution < -0.4 is 5.32 Å². The Balaban J connectivity index is 2.59. The van der Waals surface area contributed by atoms with Crippen LogP contribution in [0.3, 0.4) is 0 Å². The molecular formula is C8H7F4N. The molecule has 0 aliphatic heterocycles. The van der Waals surface area contributed by atoms with E-state index in [2.05, 4.69) is 0 Å². The van der Waals surface area contributed by atoms with Crippen LogP contribution in [0.25, 0.3) is 0 Å². The van der Waals surface area contributed by atoms with E-state index in [1.165, 1.54) is 12.1 Å². The molecule has 0 aromatic heterocycles. The first kappa shape index (κ1) is 9.83. The Labute approximate surface area is 72.4 Å². The van der Waals surface area contributed by atoms with Crippen molar-refractivity contribution in [3.05, 3.63) is 30.1 Å². The van der Waals surface area contributed by atoms with E-state index in [4.69, 9.17) is 0 Å². The van der Waals surface area contributed by atoms with Gasteiger partial charge in [0.25, 0.3) is 6.43 Å². The van der Waals surface area contributed by atoms with Crippen molar-refractivity contribution < 1.29 is 17.6 Å². The van der Waals surface area contributed by atoms with Gasteiger partial charge in [-0.15, -0.1) is 0 Å². The Morgan fingerprint density at radius 3 is 2.00 bits per heavy atom. The molecule has 1 unspecified atom stereocenters. The van der Waals surface area contributed by atoms with E-state index >= 15 is 0 Å². The molecule has 1 aromatic carbocycles. The van der Waals surface area contributed by atoms with Crippen molar-refractivity contribution in [2.45, 2.75) is 12.7 Å². The molecular weight excluding hydrogens is 186 g/mol. The number of halogens is 4. The van der Waals surface area contributed by atoms with Crippen molar-refractivity contribution >= 4 is 5.69 Å². The second kappa shape index (κ2) is 4.11. The molecule has 0 bridgehead atoms. The normalized spacial score (nSPS) is 13.0. The molecule has 1 rings (SSSR count). The fourth-order valence-corrected chi connectivity index (χ4v) is 0.768. The number of nitrogens with one attached hydrogen (secondary N) is 1. The molecule has 0 aliphatic carbocycles. The third kappa shape index (κ3) is 2.93. The molecule has 72 valence electrons. The van der Waals surface area contributed by atoms with Crippen LogP contribution in [-0.4, -0.2) is 12.7 Å². The van der Waals surface area contributed by atoms with Crippen molar-refractivity contribution in [2.24, 2.45) is 0 Å². The van der Waals surface area contributed by atoms with Gasteiger partial charge in [-0.05, 0) is 24.3 Å². The van der Waals surface area contributed by atoms with Crippen LogP contribution in [-0.2, 0) is 0 Å². The number of alkyl halides is 3. The SMILES string of the molecule is Fc1ccc(NC(F)C(F)F)cc1. The second-order valence-corrected chi connectivity index (χ2v) is 2.39. The van der Waals surface area contributed by atoms with E-state index in [1.807, 2.05) is 5.32 Å². The van der Waals surface area contributed by atoms with E-state index in [1.54, 1.807) is 0 Å². The van der Waals surface area contributed by atoms with E-state index in [-0.39, 0.29) is 5.69 Å². The zero-order valence-corrected chi connectivity index (χ0v) is 6.48. The fraction of sp³-hybridized carbons (Fsp3) is 0.250. The highest BCUT2D eigenvalue weighted by Crippen LogP contribution is 2.13. The molecule has 13 heavy (non-hydrogen) atoms. The van der Waals surface area contributed by atoms with Crippen molar-refractivity contribution in [3.63, 3.8) is 0 Å². The lowest BCUT2D eigenvalue weighted by molar-refractivity contribution is 0.0651. The number of hydrogen-bond donors (Lipinski definition) is 1. The molecule has 1 atom stereocenters. The topological polar surface area (TPSA) is 12.0 Å². The maximum absolute atomic E-state index is 12.4. The van der Waals surface area contributed by atoms with E-state index in [0.717, 1.165) is 12.1 Å². The van der Waals surface area contributed by atoms with Crippen LogP contribution in [0.2, 0.25) is 0 Å². The van der Waals surface area contributed by atoms with Gasteiger partial charge < -0.3 is 5.32 Å². The summed E-state index contributed by atoms with van der Waals surface area (Å²) in [6.45, 7) is 0. The first-order chi connectivity index (χ1) is 6.09. The van der Waals surface area contributed by atoms with Gasteiger partial charge in [-0.3, -0.25) is 0 Å². The monoisotopic (exact) mass is 193 g/mol. The zero-order valence-electron chi connectivity index (χ0n) is 6.48. The summed E-state index contributed by atoms with van der Waals surface area (Å²) in [5.41, 5.74) is 0.120. The number of rotatable bonds is 3. The molecule has 5 heteroatoms. The summed E-state index contributed by atoms with van der Waals surface area (Å²) in [5.74, 6) is -0.502. The summed E-state index contributed by atoms with van der Waals surface area (Å²) in [6, 6.07) is 4.48. The fourth-order valence-electron chi connectivity index (χ4n) is 0.768. The highest BCUT2D eigenvalue weighted by molar-refractivity contribution is 5.43. The Morgan fingerprint density at radius 2 is 1.54 bits per heavy atom. The third-order valence-electron chi connectivity index (χ3n) is 1.37. The molecule has 0 heterocycles. The van der Waals surface area contributed by atoms with Crippen molar-refractivity contribution in [1.82, 2.24) is 0 Å². The molecule has 0 saturated carbocycles. The van der Waals surface area contributed by atoms with E-state index in [0.29, 0.717) is 0 Å². The van der Waals surface area contributed by atoms with Crippen LogP contribution in [0.15, 0.2) is 24.3 Å². The van der Waals surface area contributed by atoms with Crippen LogP contribution >= 0.6 is 0 Å². The predicted octanol–water partition coefficient (Wildman–Crippen LogP) is 2.80. The van der Waals surface area contributed by atoms with E-state index < -0.39 is 18.5 Å². The molecule has 0 spiro atoms. The first-order valence-electron chi connectivity index (χ1n) is 3.54. The standard InChI is InChI=1S/C8H7F4N/c9-5-1-3-6(4-2-5)13-8(12)7(10)11/h1-4,7-8,13H. The molecule has 1 nitrogen and oxygen atoms in total. The van der Waals surface area contributed by atoms with Gasteiger partial charge in [0.2, 0.25) is 6.30 Å². The van der Waals surface area contributed by atoms with Crippen molar-refractivity contribution in [1.29, 1.82) is 0 Å². The number of anilines is 1. The summed E-state index contributed by atoms with van der Waals surface area (Å²) in [4.78, 5) is 0. The van der Waals surface area contributed by atoms with Crippen molar-refractivity contribution in [3.8, 4) is 0 Å². The van der Waals surface area contributed by atoms with Gasteiger partial charge in [0, 0.05) is 5.69 Å². The molecule has 0 radical (unpaired) electrons. The van der Waals surface area contributed by atoms with Gasteiger partial charge in [0.05, 0.1) is 0 Å². The van der Waals surface area contributed by atoms with Crippen LogP contribution in [0.4, 0.5) is 23.2 Å². The summed E-state index contributed by atoms with van der Waals surface area (Å²) in [6.07, 6.45) is -5.52. The number of hydrogen-bond acceptors (Lipinski definition) is 1. The third-order valence-corrected chi connectivity index (χ3v) is 1.37. The lowest BCUT2D eigenvalue weighted by atomic mass is 10.3. The van der Waals surface area contributed by atoms with Gasteiger partial charge >= 0.3 is 0 Å². The smallest absolute Gasteiger partial charge is 0.287 e. The first-order valence-corrected chi connectivity index (χ1v) is 3.54. The molecule has 0 fully saturated rings. The van der Waals surface area contributed by atoms with Gasteiger partial charge in [0.1, 0.15) is 5.82 Å². The lowest BCUT2D eigenvalue weighted by Crippen LogP contribution is -2.22. The van der Waals surface area contributed by atoms with Crippen LogP contribution in [0.1, 0.15) is 0 Å². The minimum Gasteiger partial charge on any atom is -0.351 e. The summed E-state index contributed by atoms with van der Waals surface area (Å²) < 4.78 is 48.0. The highest BCUT2D eigenvalue weighted by Gasteiger charge is 2.18. The van der Waals surface area contributed by atoms with Gasteiger partial charge in [0.15, 0.2) is 0 Å². The molecule has 1 N–H and O–H groups in total. The Hall–Kier alpha value is -1.26. The largest absolute Gasteiger partial charge is 0.351 e. The average molecular weight is 193 g/mol. The Bertz CT molecular complexity index is 259. The maximum atomic E-state index is 12.4. The molecule has 0 saturated heterocycles. The summed E-state index contributed by atoms with van der Waals surface area (Å²) in [5, 5.41) is 1.89. The second-order valence-electron chi connectivity index (χ2n) is 2.39. The lowest BCUT2D eigenvalue weighted by Gasteiger charge is -2.10. The average Bonchev–Trinajstić information content (AvgIpc) is 2.08. The minimum atomic E-state index is -3.09. The van der Waals surface area contributed by atoms with Crippen LogP contribution in [0, 0.1) is 5.82 Å². The predicted molar refractivity (Wildman–Crippen MR) is 40.9 cm³/mol. The molecule has 1 aromatic rings. The molecule has 0 amide bonds. The molecule has 0 aliphatic rings. The van der Waals surface area contributed by atoms with E-state index in [9.17, 15) is 17.6 Å². The minimum absolute atomic E-state index is 0.120. The van der Waals surface area contributed by atoms with Gasteiger partial charge in [-0.25, -0.2) is 17.6 Å². The zero-order chi connectivity index (χ0) is 9.84. The van der Waals surface area contributed by atoms with Crippen LogP contribution in [0.5, 0.6) is 0 Å². The maximum Gasteiger partial charge on any atom is 0.287 e. The van der Waals surface area contributed by atoms with Crippen molar-refractivity contribution in [2.75, 3.05) is 5.32 Å². The summed E-state index contributed by atoms with van der Waals surface area (Å²) >= 11 is 0. The Morgan fingerprint density at radius 1 is 1.00 bits per heavy atom. The quantitative estimate of drug-likeness (QED) is 0.574. The number of benzene rings is 1. The van der Waals surface area contributed by atoms with Gasteiger partial charge in [-0.2, -0.15) is 0 Å². The Kier molecular flexibility index (Phi) is 3.11. The van der Waals surface area contributed by atoms with Gasteiger partial charge in [-0.1, -0.05) is 0 Å². The summed E-state index contributed by atoms with van der Waals surface area (Å²) in [7, 11) is 0.